The Bertz CT molecular complexity index is 518. The van der Waals surface area contributed by atoms with E-state index in [9.17, 15) is 19.5 Å². The number of carbonyl (C=O) groups is 3. The molecule has 0 saturated carbocycles. The maximum atomic E-state index is 11.3. The quantitative estimate of drug-likeness (QED) is 0.239. The summed E-state index contributed by atoms with van der Waals surface area (Å²) in [6, 6.07) is -1.33. The maximum absolute atomic E-state index is 11.3. The van der Waals surface area contributed by atoms with Crippen LogP contribution in [0.1, 0.15) is 20.8 Å². The first-order chi connectivity index (χ1) is 10.8. The van der Waals surface area contributed by atoms with Crippen molar-refractivity contribution in [3.63, 3.8) is 0 Å². The van der Waals surface area contributed by atoms with Crippen molar-refractivity contribution < 1.29 is 38.4 Å². The van der Waals surface area contributed by atoms with Crippen LogP contribution >= 0.6 is 0 Å². The number of esters is 3. The predicted octanol–water partition coefficient (Wildman–Crippen LogP) is -0.191. The summed E-state index contributed by atoms with van der Waals surface area (Å²) in [7, 11) is 0. The molecule has 1 aliphatic heterocycles. The average Bonchev–Trinajstić information content (AvgIpc) is 2.42. The van der Waals surface area contributed by atoms with Gasteiger partial charge in [-0.25, -0.2) is 0 Å². The van der Waals surface area contributed by atoms with Crippen LogP contribution < -0.4 is 0 Å². The Morgan fingerprint density at radius 1 is 1.13 bits per heavy atom. The third kappa shape index (κ3) is 5.40. The Morgan fingerprint density at radius 2 is 1.70 bits per heavy atom. The second-order valence-electron chi connectivity index (χ2n) is 4.71. The standard InChI is InChI=1S/C12H17N3O8/c1-5(16)20-4-8-10(21-6(2)17)11(22-7(3)18)9(14-15-13)12(19)23-8/h8-12,19H,4H2,1-3H3/t8-,9+,10-,11-,12+/m1/s1. The Hall–Kier alpha value is -2.36. The molecule has 1 saturated heterocycles. The molecule has 0 unspecified atom stereocenters. The van der Waals surface area contributed by atoms with Crippen LogP contribution in [0.4, 0.5) is 0 Å². The molecule has 1 heterocycles. The molecule has 5 atom stereocenters. The fraction of sp³-hybridized carbons (Fsp3) is 0.750. The lowest BCUT2D eigenvalue weighted by molar-refractivity contribution is -0.260. The number of aliphatic hydroxyl groups excluding tert-OH is 1. The highest BCUT2D eigenvalue weighted by Crippen LogP contribution is 2.28. The molecule has 0 amide bonds. The summed E-state index contributed by atoms with van der Waals surface area (Å²) < 4.78 is 20.0. The van der Waals surface area contributed by atoms with Crippen LogP contribution in [0.15, 0.2) is 5.11 Å². The van der Waals surface area contributed by atoms with Crippen LogP contribution in [0, 0.1) is 0 Å². The lowest BCUT2D eigenvalue weighted by Gasteiger charge is -2.41. The van der Waals surface area contributed by atoms with E-state index in [1.165, 1.54) is 0 Å². The van der Waals surface area contributed by atoms with Crippen LogP contribution in [-0.4, -0.2) is 60.3 Å². The van der Waals surface area contributed by atoms with E-state index in [0.29, 0.717) is 0 Å². The van der Waals surface area contributed by atoms with E-state index in [2.05, 4.69) is 10.0 Å². The number of rotatable bonds is 5. The molecular weight excluding hydrogens is 314 g/mol. The molecular formula is C12H17N3O8. The molecule has 11 heteroatoms. The zero-order valence-corrected chi connectivity index (χ0v) is 12.7. The molecule has 0 spiro atoms. The Labute approximate surface area is 131 Å². The first-order valence-corrected chi connectivity index (χ1v) is 6.61. The fourth-order valence-electron chi connectivity index (χ4n) is 2.08. The Balaban J connectivity index is 3.11. The molecule has 0 aliphatic carbocycles. The Kier molecular flexibility index (Phi) is 6.76. The van der Waals surface area contributed by atoms with Gasteiger partial charge in [0, 0.05) is 25.7 Å². The van der Waals surface area contributed by atoms with E-state index in [4.69, 9.17) is 24.5 Å². The van der Waals surface area contributed by atoms with Crippen LogP contribution in [0.25, 0.3) is 10.4 Å². The first kappa shape index (κ1) is 18.7. The van der Waals surface area contributed by atoms with Crippen molar-refractivity contribution >= 4 is 17.9 Å². The predicted molar refractivity (Wildman–Crippen MR) is 71.6 cm³/mol. The largest absolute Gasteiger partial charge is 0.463 e. The van der Waals surface area contributed by atoms with E-state index in [1.54, 1.807) is 0 Å². The van der Waals surface area contributed by atoms with Gasteiger partial charge in [-0.1, -0.05) is 5.11 Å². The molecule has 128 valence electrons. The lowest BCUT2D eigenvalue weighted by Crippen LogP contribution is -2.60. The van der Waals surface area contributed by atoms with Crippen LogP contribution in [0.3, 0.4) is 0 Å². The van der Waals surface area contributed by atoms with Gasteiger partial charge in [-0.05, 0) is 5.53 Å². The number of nitrogens with zero attached hydrogens (tertiary/aromatic N) is 3. The number of ether oxygens (including phenoxy) is 4. The Morgan fingerprint density at radius 3 is 2.17 bits per heavy atom. The molecule has 1 fully saturated rings. The monoisotopic (exact) mass is 331 g/mol. The second kappa shape index (κ2) is 8.32. The van der Waals surface area contributed by atoms with Crippen LogP contribution in [0.2, 0.25) is 0 Å². The molecule has 0 aromatic carbocycles. The molecule has 23 heavy (non-hydrogen) atoms. The highest BCUT2D eigenvalue weighted by Gasteiger charge is 2.49. The number of hydrogen-bond donors (Lipinski definition) is 1. The normalized spacial score (nSPS) is 29.8. The number of hydrogen-bond acceptors (Lipinski definition) is 9. The van der Waals surface area contributed by atoms with Crippen molar-refractivity contribution in [1.82, 2.24) is 0 Å². The minimum absolute atomic E-state index is 0.356. The lowest BCUT2D eigenvalue weighted by atomic mass is 9.97. The molecule has 0 aromatic heterocycles. The number of carbonyl (C=O) groups excluding carboxylic acids is 3. The summed E-state index contributed by atoms with van der Waals surface area (Å²) in [5.74, 6) is -2.09. The molecule has 1 aliphatic rings. The van der Waals surface area contributed by atoms with Crippen molar-refractivity contribution in [2.75, 3.05) is 6.61 Å². The maximum Gasteiger partial charge on any atom is 0.303 e. The van der Waals surface area contributed by atoms with Crippen molar-refractivity contribution in [1.29, 1.82) is 0 Å². The zero-order valence-electron chi connectivity index (χ0n) is 12.7. The van der Waals surface area contributed by atoms with Crippen LogP contribution in [0.5, 0.6) is 0 Å². The summed E-state index contributed by atoms with van der Waals surface area (Å²) in [6.45, 7) is 3.01. The average molecular weight is 331 g/mol. The third-order valence-electron chi connectivity index (χ3n) is 2.87. The summed E-state index contributed by atoms with van der Waals surface area (Å²) in [5.41, 5.74) is 8.57. The summed E-state index contributed by atoms with van der Waals surface area (Å²) in [5, 5.41) is 13.2. The van der Waals surface area contributed by atoms with Gasteiger partial charge in [0.1, 0.15) is 18.8 Å². The van der Waals surface area contributed by atoms with Crippen molar-refractivity contribution in [2.45, 2.75) is 51.4 Å². The van der Waals surface area contributed by atoms with Gasteiger partial charge in [0.25, 0.3) is 0 Å². The molecule has 0 radical (unpaired) electrons. The van der Waals surface area contributed by atoms with E-state index in [0.717, 1.165) is 20.8 Å². The van der Waals surface area contributed by atoms with E-state index in [1.807, 2.05) is 0 Å². The molecule has 1 N–H and O–H groups in total. The van der Waals surface area contributed by atoms with E-state index in [-0.39, 0.29) is 6.61 Å². The first-order valence-electron chi connectivity index (χ1n) is 6.61. The van der Waals surface area contributed by atoms with Gasteiger partial charge in [-0.3, -0.25) is 14.4 Å². The topological polar surface area (TPSA) is 157 Å². The van der Waals surface area contributed by atoms with Crippen molar-refractivity contribution in [3.8, 4) is 0 Å². The van der Waals surface area contributed by atoms with Crippen LogP contribution in [-0.2, 0) is 33.3 Å². The molecule has 0 bridgehead atoms. The number of azide groups is 1. The SMILES string of the molecule is CC(=O)OC[C@H]1O[C@H](O)[C@@H](N=[N+]=[N-])[C@@H](OC(C)=O)[C@@H]1OC(C)=O. The van der Waals surface area contributed by atoms with Gasteiger partial charge in [0.2, 0.25) is 0 Å². The van der Waals surface area contributed by atoms with Gasteiger partial charge in [-0.15, -0.1) is 0 Å². The molecule has 0 aromatic rings. The highest BCUT2D eigenvalue weighted by molar-refractivity contribution is 5.67. The van der Waals surface area contributed by atoms with Crippen molar-refractivity contribution in [2.24, 2.45) is 5.11 Å². The molecule has 1 rings (SSSR count). The van der Waals surface area contributed by atoms with Gasteiger partial charge >= 0.3 is 17.9 Å². The van der Waals surface area contributed by atoms with Gasteiger partial charge in [-0.2, -0.15) is 0 Å². The van der Waals surface area contributed by atoms with Gasteiger partial charge < -0.3 is 24.1 Å². The van der Waals surface area contributed by atoms with E-state index < -0.39 is 48.6 Å². The van der Waals surface area contributed by atoms with Gasteiger partial charge in [0.05, 0.1) is 0 Å². The van der Waals surface area contributed by atoms with E-state index >= 15 is 0 Å². The summed E-state index contributed by atoms with van der Waals surface area (Å²) in [6.07, 6.45) is -5.26. The number of aliphatic hydroxyl groups is 1. The summed E-state index contributed by atoms with van der Waals surface area (Å²) in [4.78, 5) is 36.0. The smallest absolute Gasteiger partial charge is 0.303 e. The summed E-state index contributed by atoms with van der Waals surface area (Å²) >= 11 is 0. The minimum Gasteiger partial charge on any atom is -0.463 e. The zero-order chi connectivity index (χ0) is 17.6. The third-order valence-corrected chi connectivity index (χ3v) is 2.87. The van der Waals surface area contributed by atoms with Gasteiger partial charge in [0.15, 0.2) is 18.5 Å². The fourth-order valence-corrected chi connectivity index (χ4v) is 2.08. The second-order valence-corrected chi connectivity index (χ2v) is 4.71. The molecule has 11 nitrogen and oxygen atoms in total. The van der Waals surface area contributed by atoms with Crippen molar-refractivity contribution in [3.05, 3.63) is 10.4 Å². The minimum atomic E-state index is -1.64. The highest BCUT2D eigenvalue weighted by atomic mass is 16.7.